The third-order valence-corrected chi connectivity index (χ3v) is 4.08. The summed E-state index contributed by atoms with van der Waals surface area (Å²) in [4.78, 5) is 2.38. The van der Waals surface area contributed by atoms with E-state index in [1.54, 1.807) is 0 Å². The summed E-state index contributed by atoms with van der Waals surface area (Å²) < 4.78 is 0. The summed E-state index contributed by atoms with van der Waals surface area (Å²) in [5.41, 5.74) is 4.29. The van der Waals surface area contributed by atoms with Crippen molar-refractivity contribution in [3.05, 3.63) is 34.9 Å². The molecule has 0 radical (unpaired) electrons. The second kappa shape index (κ2) is 5.85. The van der Waals surface area contributed by atoms with Crippen LogP contribution in [0.1, 0.15) is 35.6 Å². The van der Waals surface area contributed by atoms with Gasteiger partial charge in [0.1, 0.15) is 0 Å². The molecule has 100 valence electrons. The molecule has 2 unspecified atom stereocenters. The molecular weight excluding hydrogens is 220 g/mol. The Kier molecular flexibility index (Phi) is 4.41. The minimum Gasteiger partial charge on any atom is -0.316 e. The molecule has 2 nitrogen and oxygen atoms in total. The fourth-order valence-corrected chi connectivity index (χ4v) is 3.26. The van der Waals surface area contributed by atoms with Crippen LogP contribution in [0.25, 0.3) is 0 Å². The van der Waals surface area contributed by atoms with E-state index in [1.165, 1.54) is 36.1 Å². The maximum absolute atomic E-state index is 3.54. The Labute approximate surface area is 111 Å². The van der Waals surface area contributed by atoms with Gasteiger partial charge in [-0.25, -0.2) is 0 Å². The van der Waals surface area contributed by atoms with Crippen LogP contribution < -0.4 is 5.32 Å². The van der Waals surface area contributed by atoms with Crippen LogP contribution in [0.4, 0.5) is 0 Å². The van der Waals surface area contributed by atoms with Gasteiger partial charge in [0.25, 0.3) is 0 Å². The third-order valence-electron chi connectivity index (χ3n) is 4.08. The lowest BCUT2D eigenvalue weighted by molar-refractivity contribution is 0.180. The molecule has 1 saturated heterocycles. The van der Waals surface area contributed by atoms with Crippen molar-refractivity contribution in [2.45, 2.75) is 32.7 Å². The van der Waals surface area contributed by atoms with E-state index in [0.717, 1.165) is 12.5 Å². The molecule has 2 rings (SSSR count). The first-order valence-electron chi connectivity index (χ1n) is 7.04. The zero-order chi connectivity index (χ0) is 13.1. The number of piperidine rings is 1. The maximum atomic E-state index is 3.54. The van der Waals surface area contributed by atoms with Gasteiger partial charge in [0.2, 0.25) is 0 Å². The third kappa shape index (κ3) is 2.93. The predicted molar refractivity (Wildman–Crippen MR) is 77.9 cm³/mol. The van der Waals surface area contributed by atoms with Crippen molar-refractivity contribution < 1.29 is 0 Å². The van der Waals surface area contributed by atoms with Crippen molar-refractivity contribution in [2.24, 2.45) is 5.92 Å². The van der Waals surface area contributed by atoms with Gasteiger partial charge in [-0.1, -0.05) is 23.8 Å². The molecule has 1 aromatic rings. The maximum Gasteiger partial charge on any atom is 0.0384 e. The van der Waals surface area contributed by atoms with Crippen molar-refractivity contribution in [1.82, 2.24) is 10.2 Å². The first kappa shape index (κ1) is 13.6. The van der Waals surface area contributed by atoms with Crippen molar-refractivity contribution in [2.75, 3.05) is 27.2 Å². The number of nitrogens with one attached hydrogen (secondary N) is 1. The Hall–Kier alpha value is -0.860. The molecule has 1 N–H and O–H groups in total. The average Bonchev–Trinajstić information content (AvgIpc) is 2.33. The van der Waals surface area contributed by atoms with Gasteiger partial charge >= 0.3 is 0 Å². The molecule has 1 aliphatic heterocycles. The van der Waals surface area contributed by atoms with Gasteiger partial charge in [0, 0.05) is 6.04 Å². The standard InChI is InChI=1S/C16H26N2/c1-12-7-8-15(13(2)10-12)16(18(3)4)14-6-5-9-17-11-14/h7-8,10,14,16-17H,5-6,9,11H2,1-4H3. The van der Waals surface area contributed by atoms with Crippen LogP contribution >= 0.6 is 0 Å². The quantitative estimate of drug-likeness (QED) is 0.882. The summed E-state index contributed by atoms with van der Waals surface area (Å²) in [6.07, 6.45) is 2.64. The van der Waals surface area contributed by atoms with Crippen LogP contribution in [0.5, 0.6) is 0 Å². The number of hydrogen-bond donors (Lipinski definition) is 1. The molecule has 0 bridgehead atoms. The van der Waals surface area contributed by atoms with E-state index in [1.807, 2.05) is 0 Å². The minimum atomic E-state index is 0.540. The zero-order valence-corrected chi connectivity index (χ0v) is 12.2. The molecular formula is C16H26N2. The van der Waals surface area contributed by atoms with Gasteiger partial charge < -0.3 is 10.2 Å². The Morgan fingerprint density at radius 2 is 2.06 bits per heavy atom. The molecule has 1 heterocycles. The molecule has 18 heavy (non-hydrogen) atoms. The molecule has 0 aromatic heterocycles. The lowest BCUT2D eigenvalue weighted by Gasteiger charge is -2.36. The molecule has 0 aliphatic carbocycles. The molecule has 2 heteroatoms. The summed E-state index contributed by atoms with van der Waals surface area (Å²) in [5.74, 6) is 0.732. The topological polar surface area (TPSA) is 15.3 Å². The number of nitrogens with zero attached hydrogens (tertiary/aromatic N) is 1. The highest BCUT2D eigenvalue weighted by atomic mass is 15.1. The highest BCUT2D eigenvalue weighted by Crippen LogP contribution is 2.33. The normalized spacial score (nSPS) is 22.2. The van der Waals surface area contributed by atoms with Gasteiger partial charge in [-0.3, -0.25) is 0 Å². The number of rotatable bonds is 3. The minimum absolute atomic E-state index is 0.540. The smallest absolute Gasteiger partial charge is 0.0384 e. The molecule has 1 aromatic carbocycles. The van der Waals surface area contributed by atoms with Crippen LogP contribution in [-0.2, 0) is 0 Å². The van der Waals surface area contributed by atoms with E-state index >= 15 is 0 Å². The molecule has 2 atom stereocenters. The van der Waals surface area contributed by atoms with Crippen LogP contribution in [0.15, 0.2) is 18.2 Å². The molecule has 1 fully saturated rings. The summed E-state index contributed by atoms with van der Waals surface area (Å²) in [5, 5.41) is 3.54. The summed E-state index contributed by atoms with van der Waals surface area (Å²) in [6.45, 7) is 6.75. The summed E-state index contributed by atoms with van der Waals surface area (Å²) in [6, 6.07) is 7.42. The van der Waals surface area contributed by atoms with Crippen molar-refractivity contribution in [1.29, 1.82) is 0 Å². The first-order chi connectivity index (χ1) is 8.59. The number of aryl methyl sites for hydroxylation is 2. The zero-order valence-electron chi connectivity index (χ0n) is 12.2. The fraction of sp³-hybridized carbons (Fsp3) is 0.625. The average molecular weight is 246 g/mol. The van der Waals surface area contributed by atoms with E-state index in [2.05, 4.69) is 56.4 Å². The fourth-order valence-electron chi connectivity index (χ4n) is 3.26. The Bertz CT molecular complexity index is 392. The van der Waals surface area contributed by atoms with Gasteiger partial charge in [-0.2, -0.15) is 0 Å². The number of hydrogen-bond acceptors (Lipinski definition) is 2. The first-order valence-corrected chi connectivity index (χ1v) is 7.04. The van der Waals surface area contributed by atoms with Crippen LogP contribution in [0.2, 0.25) is 0 Å². The molecule has 0 amide bonds. The molecule has 1 aliphatic rings. The van der Waals surface area contributed by atoms with Crippen LogP contribution in [0.3, 0.4) is 0 Å². The lowest BCUT2D eigenvalue weighted by atomic mass is 9.84. The summed E-state index contributed by atoms with van der Waals surface area (Å²) in [7, 11) is 4.41. The Morgan fingerprint density at radius 1 is 1.28 bits per heavy atom. The van der Waals surface area contributed by atoms with Crippen LogP contribution in [0, 0.1) is 19.8 Å². The molecule has 0 spiro atoms. The van der Waals surface area contributed by atoms with Gasteiger partial charge in [0.15, 0.2) is 0 Å². The van der Waals surface area contributed by atoms with E-state index in [-0.39, 0.29) is 0 Å². The van der Waals surface area contributed by atoms with Crippen molar-refractivity contribution in [3.8, 4) is 0 Å². The van der Waals surface area contributed by atoms with E-state index < -0.39 is 0 Å². The van der Waals surface area contributed by atoms with Crippen LogP contribution in [-0.4, -0.2) is 32.1 Å². The van der Waals surface area contributed by atoms with Gasteiger partial charge in [0.05, 0.1) is 0 Å². The SMILES string of the molecule is Cc1ccc(C(C2CCCNC2)N(C)C)c(C)c1. The Balaban J connectivity index is 2.28. The van der Waals surface area contributed by atoms with E-state index in [9.17, 15) is 0 Å². The van der Waals surface area contributed by atoms with Crippen molar-refractivity contribution >= 4 is 0 Å². The van der Waals surface area contributed by atoms with Crippen molar-refractivity contribution in [3.63, 3.8) is 0 Å². The molecule has 0 saturated carbocycles. The van der Waals surface area contributed by atoms with Gasteiger partial charge in [-0.05, 0) is 70.9 Å². The number of benzene rings is 1. The Morgan fingerprint density at radius 3 is 2.61 bits per heavy atom. The lowest BCUT2D eigenvalue weighted by Crippen LogP contribution is -2.38. The monoisotopic (exact) mass is 246 g/mol. The summed E-state index contributed by atoms with van der Waals surface area (Å²) >= 11 is 0. The second-order valence-electron chi connectivity index (χ2n) is 5.87. The largest absolute Gasteiger partial charge is 0.316 e. The highest BCUT2D eigenvalue weighted by molar-refractivity contribution is 5.33. The highest BCUT2D eigenvalue weighted by Gasteiger charge is 2.27. The van der Waals surface area contributed by atoms with Gasteiger partial charge in [-0.15, -0.1) is 0 Å². The van der Waals surface area contributed by atoms with E-state index in [4.69, 9.17) is 0 Å². The van der Waals surface area contributed by atoms with E-state index in [0.29, 0.717) is 6.04 Å². The predicted octanol–water partition coefficient (Wildman–Crippen LogP) is 2.91. The second-order valence-corrected chi connectivity index (χ2v) is 5.87.